The van der Waals surface area contributed by atoms with Crippen molar-refractivity contribution >= 4 is 40.6 Å². The third-order valence-corrected chi connectivity index (χ3v) is 6.55. The molecule has 3 amide bonds. The van der Waals surface area contributed by atoms with Crippen molar-refractivity contribution in [2.45, 2.75) is 26.7 Å². The summed E-state index contributed by atoms with van der Waals surface area (Å²) in [4.78, 5) is 51.0. The number of hydrogen-bond donors (Lipinski definition) is 0. The number of carbonyl (C=O) groups is 3. The Morgan fingerprint density at radius 2 is 1.94 bits per heavy atom. The smallest absolute Gasteiger partial charge is 0.294 e. The zero-order valence-electron chi connectivity index (χ0n) is 17.6. The Labute approximate surface area is 188 Å². The Morgan fingerprint density at radius 1 is 1.22 bits per heavy atom. The summed E-state index contributed by atoms with van der Waals surface area (Å²) in [5, 5.41) is 10.8. The van der Waals surface area contributed by atoms with Gasteiger partial charge in [0.25, 0.3) is 16.8 Å². The highest BCUT2D eigenvalue weighted by atomic mass is 32.2. The van der Waals surface area contributed by atoms with Crippen molar-refractivity contribution in [3.8, 4) is 11.3 Å². The van der Waals surface area contributed by atoms with Gasteiger partial charge < -0.3 is 9.32 Å². The molecule has 0 N–H and O–H groups in total. The maximum Gasteiger partial charge on any atom is 0.294 e. The molecule has 9 nitrogen and oxygen atoms in total. The van der Waals surface area contributed by atoms with Gasteiger partial charge in [-0.05, 0) is 62.2 Å². The van der Waals surface area contributed by atoms with Gasteiger partial charge in [0.15, 0.2) is 0 Å². The van der Waals surface area contributed by atoms with E-state index in [1.165, 1.54) is 12.1 Å². The lowest BCUT2D eigenvalue weighted by atomic mass is 10.0. The number of nitrogens with zero attached hydrogens (tertiary/aromatic N) is 3. The zero-order valence-corrected chi connectivity index (χ0v) is 18.4. The molecule has 1 aromatic carbocycles. The average Bonchev–Trinajstić information content (AvgIpc) is 3.48. The Bertz CT molecular complexity index is 1160. The third kappa shape index (κ3) is 4.18. The Balaban J connectivity index is 1.53. The fraction of sp³-hybridized carbons (Fsp3) is 0.318. The fourth-order valence-corrected chi connectivity index (χ4v) is 4.54. The van der Waals surface area contributed by atoms with Crippen LogP contribution in [0.1, 0.15) is 29.7 Å². The standard InChI is InChI=1S/C22H21N3O6S/c1-13-9-15(10-17(14(13)2)25(29)30)18-6-5-16(31-18)11-19-21(27)24(22(28)32-19)12-20(26)23-7-3-4-8-23/h5-6,9-11H,3-4,7-8,12H2,1-2H3/b19-11+. The summed E-state index contributed by atoms with van der Waals surface area (Å²) in [6.07, 6.45) is 3.31. The van der Waals surface area contributed by atoms with Crippen molar-refractivity contribution in [3.63, 3.8) is 0 Å². The van der Waals surface area contributed by atoms with E-state index in [0.717, 1.165) is 35.1 Å². The van der Waals surface area contributed by atoms with E-state index in [4.69, 9.17) is 4.42 Å². The van der Waals surface area contributed by atoms with Crippen molar-refractivity contribution in [3.05, 3.63) is 56.2 Å². The van der Waals surface area contributed by atoms with Crippen molar-refractivity contribution < 1.29 is 23.7 Å². The van der Waals surface area contributed by atoms with Gasteiger partial charge in [-0.3, -0.25) is 29.4 Å². The number of hydrogen-bond acceptors (Lipinski definition) is 7. The number of furan rings is 1. The number of rotatable bonds is 5. The minimum atomic E-state index is -0.535. The van der Waals surface area contributed by atoms with E-state index in [9.17, 15) is 24.5 Å². The molecule has 2 fully saturated rings. The molecule has 166 valence electrons. The monoisotopic (exact) mass is 455 g/mol. The normalized spacial score (nSPS) is 17.6. The van der Waals surface area contributed by atoms with Crippen LogP contribution >= 0.6 is 11.8 Å². The van der Waals surface area contributed by atoms with E-state index in [2.05, 4.69) is 0 Å². The number of amides is 3. The number of imide groups is 1. The Hall–Kier alpha value is -3.40. The summed E-state index contributed by atoms with van der Waals surface area (Å²) in [6.45, 7) is 4.51. The number of nitro groups is 1. The molecule has 2 saturated heterocycles. The summed E-state index contributed by atoms with van der Waals surface area (Å²) in [7, 11) is 0. The van der Waals surface area contributed by atoms with Gasteiger partial charge in [-0.1, -0.05) is 0 Å². The first-order valence-electron chi connectivity index (χ1n) is 10.1. The third-order valence-electron chi connectivity index (χ3n) is 5.65. The molecule has 1 aromatic heterocycles. The minimum absolute atomic E-state index is 0.00161. The molecule has 2 aliphatic heterocycles. The number of likely N-dealkylation sites (tertiary alicyclic amines) is 1. The molecule has 10 heteroatoms. The first-order chi connectivity index (χ1) is 15.2. The summed E-state index contributed by atoms with van der Waals surface area (Å²) in [5.74, 6) is -0.0295. The quantitative estimate of drug-likeness (QED) is 0.378. The van der Waals surface area contributed by atoms with Crippen LogP contribution in [0.25, 0.3) is 17.4 Å². The lowest BCUT2D eigenvalue weighted by Gasteiger charge is -2.18. The van der Waals surface area contributed by atoms with Gasteiger partial charge >= 0.3 is 0 Å². The van der Waals surface area contributed by atoms with Gasteiger partial charge in [0, 0.05) is 36.4 Å². The summed E-state index contributed by atoms with van der Waals surface area (Å²) < 4.78 is 5.77. The van der Waals surface area contributed by atoms with Gasteiger partial charge in [0.1, 0.15) is 18.1 Å². The van der Waals surface area contributed by atoms with Crippen LogP contribution in [-0.4, -0.2) is 51.4 Å². The molecule has 32 heavy (non-hydrogen) atoms. The molecular formula is C22H21N3O6S. The number of benzene rings is 1. The zero-order chi connectivity index (χ0) is 23.0. The van der Waals surface area contributed by atoms with Crippen LogP contribution in [0.5, 0.6) is 0 Å². The number of thioether (sulfide) groups is 1. The molecule has 2 aliphatic rings. The van der Waals surface area contributed by atoms with Crippen LogP contribution in [0, 0.1) is 24.0 Å². The summed E-state index contributed by atoms with van der Waals surface area (Å²) >= 11 is 0.755. The number of aryl methyl sites for hydroxylation is 1. The number of nitro benzene ring substituents is 1. The lowest BCUT2D eigenvalue weighted by Crippen LogP contribution is -2.40. The summed E-state index contributed by atoms with van der Waals surface area (Å²) in [5.41, 5.74) is 1.89. The van der Waals surface area contributed by atoms with E-state index in [1.807, 2.05) is 0 Å². The second-order valence-electron chi connectivity index (χ2n) is 7.75. The highest BCUT2D eigenvalue weighted by Gasteiger charge is 2.37. The van der Waals surface area contributed by atoms with Crippen LogP contribution in [0.3, 0.4) is 0 Å². The van der Waals surface area contributed by atoms with Crippen LogP contribution < -0.4 is 0 Å². The first-order valence-corrected chi connectivity index (χ1v) is 10.9. The van der Waals surface area contributed by atoms with Crippen LogP contribution in [0.2, 0.25) is 0 Å². The van der Waals surface area contributed by atoms with Crippen LogP contribution in [0.4, 0.5) is 10.5 Å². The average molecular weight is 455 g/mol. The van der Waals surface area contributed by atoms with E-state index in [-0.39, 0.29) is 23.0 Å². The van der Waals surface area contributed by atoms with Gasteiger partial charge in [0.05, 0.1) is 9.83 Å². The SMILES string of the molecule is Cc1cc(-c2ccc(/C=C3/SC(=O)N(CC(=O)N4CCCC4)C3=O)o2)cc([N+](=O)[O-])c1C. The predicted octanol–water partition coefficient (Wildman–Crippen LogP) is 4.13. The predicted molar refractivity (Wildman–Crippen MR) is 119 cm³/mol. The molecule has 3 heterocycles. The Morgan fingerprint density at radius 3 is 2.62 bits per heavy atom. The number of carbonyl (C=O) groups excluding carboxylic acids is 3. The molecule has 0 saturated carbocycles. The van der Waals surface area contributed by atoms with E-state index < -0.39 is 16.1 Å². The maximum absolute atomic E-state index is 12.7. The van der Waals surface area contributed by atoms with E-state index in [1.54, 1.807) is 36.9 Å². The molecule has 0 radical (unpaired) electrons. The van der Waals surface area contributed by atoms with Crippen molar-refractivity contribution in [2.75, 3.05) is 19.6 Å². The Kier molecular flexibility index (Phi) is 5.88. The van der Waals surface area contributed by atoms with E-state index in [0.29, 0.717) is 35.7 Å². The topological polar surface area (TPSA) is 114 Å². The first kappa shape index (κ1) is 21.8. The van der Waals surface area contributed by atoms with Crippen molar-refractivity contribution in [1.82, 2.24) is 9.80 Å². The molecule has 0 unspecified atom stereocenters. The van der Waals surface area contributed by atoms with Gasteiger partial charge in [-0.25, -0.2) is 0 Å². The molecule has 0 aliphatic carbocycles. The van der Waals surface area contributed by atoms with Crippen LogP contribution in [0.15, 0.2) is 33.6 Å². The van der Waals surface area contributed by atoms with E-state index >= 15 is 0 Å². The molecule has 0 spiro atoms. The molecule has 2 aromatic rings. The highest BCUT2D eigenvalue weighted by molar-refractivity contribution is 8.18. The highest BCUT2D eigenvalue weighted by Crippen LogP contribution is 2.35. The maximum atomic E-state index is 12.7. The largest absolute Gasteiger partial charge is 0.457 e. The summed E-state index contributed by atoms with van der Waals surface area (Å²) in [6, 6.07) is 6.52. The molecule has 4 rings (SSSR count). The molecule has 0 atom stereocenters. The van der Waals surface area contributed by atoms with Crippen molar-refractivity contribution in [2.24, 2.45) is 0 Å². The second-order valence-corrected chi connectivity index (χ2v) is 8.75. The van der Waals surface area contributed by atoms with Crippen LogP contribution in [-0.2, 0) is 9.59 Å². The van der Waals surface area contributed by atoms with Gasteiger partial charge in [-0.2, -0.15) is 0 Å². The lowest BCUT2D eigenvalue weighted by molar-refractivity contribution is -0.385. The molecular weight excluding hydrogens is 434 g/mol. The fourth-order valence-electron chi connectivity index (χ4n) is 3.73. The second kappa shape index (κ2) is 8.62. The van der Waals surface area contributed by atoms with Gasteiger partial charge in [0.2, 0.25) is 5.91 Å². The van der Waals surface area contributed by atoms with Crippen molar-refractivity contribution in [1.29, 1.82) is 0 Å². The molecule has 0 bridgehead atoms. The van der Waals surface area contributed by atoms with Gasteiger partial charge in [-0.15, -0.1) is 0 Å². The minimum Gasteiger partial charge on any atom is -0.457 e.